The SMILES string of the molecule is CCOC(=O)[C@](c1cnc(Cl)nc1)(C(C#N)C#N)C1CC1. The summed E-state index contributed by atoms with van der Waals surface area (Å²) in [5, 5.41) is 18.7. The van der Waals surface area contributed by atoms with Gasteiger partial charge in [0.15, 0.2) is 5.92 Å². The van der Waals surface area contributed by atoms with E-state index in [2.05, 4.69) is 9.97 Å². The van der Waals surface area contributed by atoms with E-state index in [0.29, 0.717) is 5.56 Å². The zero-order valence-corrected chi connectivity index (χ0v) is 12.2. The molecule has 1 saturated carbocycles. The van der Waals surface area contributed by atoms with Gasteiger partial charge in [-0.1, -0.05) is 0 Å². The summed E-state index contributed by atoms with van der Waals surface area (Å²) < 4.78 is 5.15. The summed E-state index contributed by atoms with van der Waals surface area (Å²) in [6.45, 7) is 1.85. The fraction of sp³-hybridized carbons (Fsp3) is 0.500. The van der Waals surface area contributed by atoms with Gasteiger partial charge in [0, 0.05) is 18.0 Å². The molecular weight excluding hydrogens is 292 g/mol. The third kappa shape index (κ3) is 2.55. The number of esters is 1. The van der Waals surface area contributed by atoms with Gasteiger partial charge < -0.3 is 4.74 Å². The third-order valence-corrected chi connectivity index (χ3v) is 3.84. The van der Waals surface area contributed by atoms with E-state index < -0.39 is 17.3 Å². The lowest BCUT2D eigenvalue weighted by molar-refractivity contribution is -0.152. The van der Waals surface area contributed by atoms with Crippen LogP contribution in [-0.2, 0) is 14.9 Å². The molecule has 0 radical (unpaired) electrons. The molecular formula is C14H13ClN4O2. The third-order valence-electron chi connectivity index (χ3n) is 3.65. The maximum Gasteiger partial charge on any atom is 0.319 e. The van der Waals surface area contributed by atoms with E-state index >= 15 is 0 Å². The van der Waals surface area contributed by atoms with Gasteiger partial charge >= 0.3 is 5.97 Å². The van der Waals surface area contributed by atoms with Crippen molar-refractivity contribution in [3.8, 4) is 12.1 Å². The van der Waals surface area contributed by atoms with Crippen molar-refractivity contribution in [3.63, 3.8) is 0 Å². The monoisotopic (exact) mass is 304 g/mol. The maximum atomic E-state index is 12.6. The average molecular weight is 305 g/mol. The van der Waals surface area contributed by atoms with Crippen LogP contribution in [-0.4, -0.2) is 22.5 Å². The van der Waals surface area contributed by atoms with Gasteiger partial charge in [-0.15, -0.1) is 0 Å². The number of nitrogens with zero attached hydrogens (tertiary/aromatic N) is 4. The minimum atomic E-state index is -1.34. The highest BCUT2D eigenvalue weighted by Gasteiger charge is 2.59. The van der Waals surface area contributed by atoms with Crippen LogP contribution in [0.15, 0.2) is 12.4 Å². The second-order valence-electron chi connectivity index (χ2n) is 4.80. The van der Waals surface area contributed by atoms with Gasteiger partial charge in [0.1, 0.15) is 5.41 Å². The standard InChI is InChI=1S/C14H13ClN4O2/c1-2-21-12(20)14(9-3-4-9,10(5-16)6-17)11-7-18-13(15)19-8-11/h7-10H,2-4H2,1H3/t14-/m0/s1. The number of hydrogen-bond donors (Lipinski definition) is 0. The van der Waals surface area contributed by atoms with Gasteiger partial charge in [-0.25, -0.2) is 9.97 Å². The summed E-state index contributed by atoms with van der Waals surface area (Å²) in [5.74, 6) is -1.86. The lowest BCUT2D eigenvalue weighted by Crippen LogP contribution is -2.46. The van der Waals surface area contributed by atoms with Crippen LogP contribution in [0.3, 0.4) is 0 Å². The molecule has 1 aromatic rings. The van der Waals surface area contributed by atoms with Gasteiger partial charge in [0.2, 0.25) is 5.28 Å². The Kier molecular flexibility index (Phi) is 4.40. The molecule has 1 atom stereocenters. The molecule has 7 heteroatoms. The van der Waals surface area contributed by atoms with E-state index in [4.69, 9.17) is 16.3 Å². The molecule has 108 valence electrons. The average Bonchev–Trinajstić information content (AvgIpc) is 3.31. The van der Waals surface area contributed by atoms with E-state index in [-0.39, 0.29) is 17.8 Å². The Balaban J connectivity index is 2.61. The van der Waals surface area contributed by atoms with Crippen LogP contribution in [0.5, 0.6) is 0 Å². The van der Waals surface area contributed by atoms with E-state index in [9.17, 15) is 15.3 Å². The topological polar surface area (TPSA) is 99.7 Å². The first-order chi connectivity index (χ1) is 10.1. The predicted molar refractivity (Wildman–Crippen MR) is 72.8 cm³/mol. The maximum absolute atomic E-state index is 12.6. The Hall–Kier alpha value is -2.18. The number of hydrogen-bond acceptors (Lipinski definition) is 6. The quantitative estimate of drug-likeness (QED) is 0.609. The number of rotatable bonds is 5. The first kappa shape index (κ1) is 15.2. The lowest BCUT2D eigenvalue weighted by Gasteiger charge is -2.32. The van der Waals surface area contributed by atoms with Crippen molar-refractivity contribution >= 4 is 17.6 Å². The molecule has 2 rings (SSSR count). The zero-order valence-electron chi connectivity index (χ0n) is 11.4. The normalized spacial score (nSPS) is 16.6. The summed E-state index contributed by atoms with van der Waals surface area (Å²) in [4.78, 5) is 20.3. The van der Waals surface area contributed by atoms with E-state index in [1.165, 1.54) is 12.4 Å². The molecule has 0 aromatic carbocycles. The smallest absolute Gasteiger partial charge is 0.319 e. The first-order valence-corrected chi connectivity index (χ1v) is 6.93. The molecule has 1 heterocycles. The highest BCUT2D eigenvalue weighted by molar-refractivity contribution is 6.28. The summed E-state index contributed by atoms with van der Waals surface area (Å²) >= 11 is 5.68. The Morgan fingerprint density at radius 3 is 2.48 bits per heavy atom. The predicted octanol–water partition coefficient (Wildman–Crippen LogP) is 2.00. The van der Waals surface area contributed by atoms with Crippen LogP contribution in [0.25, 0.3) is 0 Å². The number of carbonyl (C=O) groups excluding carboxylic acids is 1. The van der Waals surface area contributed by atoms with Gasteiger partial charge in [0.25, 0.3) is 0 Å². The zero-order chi connectivity index (χ0) is 15.5. The van der Waals surface area contributed by atoms with Gasteiger partial charge in [0.05, 0.1) is 18.7 Å². The van der Waals surface area contributed by atoms with Crippen LogP contribution < -0.4 is 0 Å². The van der Waals surface area contributed by atoms with Crippen molar-refractivity contribution in [3.05, 3.63) is 23.2 Å². The molecule has 21 heavy (non-hydrogen) atoms. The molecule has 0 N–H and O–H groups in total. The molecule has 0 amide bonds. The minimum Gasteiger partial charge on any atom is -0.465 e. The largest absolute Gasteiger partial charge is 0.465 e. The number of aromatic nitrogens is 2. The van der Waals surface area contributed by atoms with Gasteiger partial charge in [-0.05, 0) is 37.3 Å². The van der Waals surface area contributed by atoms with Gasteiger partial charge in [-0.2, -0.15) is 10.5 Å². The van der Waals surface area contributed by atoms with Crippen LogP contribution in [0.1, 0.15) is 25.3 Å². The highest BCUT2D eigenvalue weighted by Crippen LogP contribution is 2.52. The fourth-order valence-electron chi connectivity index (χ4n) is 2.59. The van der Waals surface area contributed by atoms with Crippen LogP contribution >= 0.6 is 11.6 Å². The molecule has 0 unspecified atom stereocenters. The Morgan fingerprint density at radius 1 is 1.48 bits per heavy atom. The summed E-state index contributed by atoms with van der Waals surface area (Å²) in [6, 6.07) is 3.83. The number of carbonyl (C=O) groups is 1. The molecule has 1 fully saturated rings. The first-order valence-electron chi connectivity index (χ1n) is 6.55. The van der Waals surface area contributed by atoms with Crippen molar-refractivity contribution in [2.24, 2.45) is 11.8 Å². The molecule has 1 aliphatic rings. The van der Waals surface area contributed by atoms with Crippen molar-refractivity contribution in [1.82, 2.24) is 9.97 Å². The van der Waals surface area contributed by atoms with Crippen molar-refractivity contribution in [2.75, 3.05) is 6.61 Å². The Labute approximate surface area is 127 Å². The molecule has 6 nitrogen and oxygen atoms in total. The second kappa shape index (κ2) is 6.07. The number of halogens is 1. The van der Waals surface area contributed by atoms with Crippen LogP contribution in [0.4, 0.5) is 0 Å². The Bertz CT molecular complexity index is 601. The molecule has 0 aliphatic heterocycles. The van der Waals surface area contributed by atoms with E-state index in [1.54, 1.807) is 6.92 Å². The number of ether oxygens (including phenoxy) is 1. The minimum absolute atomic E-state index is 0.0396. The van der Waals surface area contributed by atoms with E-state index in [0.717, 1.165) is 12.8 Å². The van der Waals surface area contributed by atoms with Crippen molar-refractivity contribution in [1.29, 1.82) is 10.5 Å². The van der Waals surface area contributed by atoms with Crippen molar-refractivity contribution in [2.45, 2.75) is 25.2 Å². The van der Waals surface area contributed by atoms with Crippen LogP contribution in [0, 0.1) is 34.5 Å². The molecule has 0 spiro atoms. The van der Waals surface area contributed by atoms with Gasteiger partial charge in [-0.3, -0.25) is 4.79 Å². The molecule has 0 bridgehead atoms. The molecule has 0 saturated heterocycles. The highest BCUT2D eigenvalue weighted by atomic mass is 35.5. The fourth-order valence-corrected chi connectivity index (χ4v) is 2.69. The number of nitriles is 2. The summed E-state index contributed by atoms with van der Waals surface area (Å²) in [7, 11) is 0. The van der Waals surface area contributed by atoms with Crippen LogP contribution in [0.2, 0.25) is 5.28 Å². The molecule has 1 aromatic heterocycles. The van der Waals surface area contributed by atoms with Crippen molar-refractivity contribution < 1.29 is 9.53 Å². The van der Waals surface area contributed by atoms with E-state index in [1.807, 2.05) is 12.1 Å². The Morgan fingerprint density at radius 2 is 2.05 bits per heavy atom. The summed E-state index contributed by atoms with van der Waals surface area (Å²) in [6.07, 6.45) is 4.29. The molecule has 1 aliphatic carbocycles. The lowest BCUT2D eigenvalue weighted by atomic mass is 9.68. The second-order valence-corrected chi connectivity index (χ2v) is 5.13. The summed E-state index contributed by atoms with van der Waals surface area (Å²) in [5.41, 5.74) is -0.939.